The molecule has 1 fully saturated rings. The molecular weight excluding hydrogens is 268 g/mol. The minimum Gasteiger partial charge on any atom is -0.462 e. The Morgan fingerprint density at radius 2 is 2.05 bits per heavy atom. The average Bonchev–Trinajstić information content (AvgIpc) is 2.47. The lowest BCUT2D eigenvalue weighted by molar-refractivity contribution is 0.0526. The number of esters is 1. The van der Waals surface area contributed by atoms with Crippen LogP contribution in [-0.4, -0.2) is 54.7 Å². The van der Waals surface area contributed by atoms with Crippen LogP contribution >= 0.6 is 0 Å². The van der Waals surface area contributed by atoms with Gasteiger partial charge in [-0.25, -0.2) is 9.78 Å². The second-order valence-electron chi connectivity index (χ2n) is 5.48. The van der Waals surface area contributed by atoms with E-state index in [1.165, 1.54) is 0 Å². The first-order chi connectivity index (χ1) is 10.0. The summed E-state index contributed by atoms with van der Waals surface area (Å²) in [6, 6.07) is 2.19. The zero-order valence-electron chi connectivity index (χ0n) is 13.0. The van der Waals surface area contributed by atoms with Crippen molar-refractivity contribution >= 4 is 17.5 Å². The summed E-state index contributed by atoms with van der Waals surface area (Å²) in [6.07, 6.45) is 1.59. The summed E-state index contributed by atoms with van der Waals surface area (Å²) in [5, 5.41) is 0. The van der Waals surface area contributed by atoms with E-state index < -0.39 is 0 Å². The molecule has 0 aliphatic carbocycles. The van der Waals surface area contributed by atoms with Gasteiger partial charge in [-0.15, -0.1) is 0 Å². The van der Waals surface area contributed by atoms with Gasteiger partial charge >= 0.3 is 5.97 Å². The molecule has 0 aromatic carbocycles. The number of aromatic nitrogens is 1. The van der Waals surface area contributed by atoms with Crippen LogP contribution in [0.25, 0.3) is 0 Å². The van der Waals surface area contributed by atoms with Crippen molar-refractivity contribution in [3.05, 3.63) is 17.8 Å². The maximum Gasteiger partial charge on any atom is 0.341 e. The van der Waals surface area contributed by atoms with E-state index in [2.05, 4.69) is 28.6 Å². The van der Waals surface area contributed by atoms with Crippen molar-refractivity contribution in [1.82, 2.24) is 9.88 Å². The number of rotatable bonds is 4. The second kappa shape index (κ2) is 6.76. The molecule has 0 bridgehead atoms. The minimum atomic E-state index is -0.362. The number of nitrogens with zero attached hydrogens (tertiary/aromatic N) is 3. The van der Waals surface area contributed by atoms with Gasteiger partial charge in [-0.2, -0.15) is 0 Å². The fraction of sp³-hybridized carbons (Fsp3) is 0.600. The lowest BCUT2D eigenvalue weighted by Crippen LogP contribution is -2.49. The van der Waals surface area contributed by atoms with E-state index in [4.69, 9.17) is 10.5 Å². The lowest BCUT2D eigenvalue weighted by Gasteiger charge is -2.38. The van der Waals surface area contributed by atoms with Gasteiger partial charge in [-0.3, -0.25) is 4.90 Å². The van der Waals surface area contributed by atoms with Crippen molar-refractivity contribution in [2.45, 2.75) is 26.8 Å². The molecular formula is C15H24N4O2. The molecule has 6 heteroatoms. The fourth-order valence-electron chi connectivity index (χ4n) is 2.53. The van der Waals surface area contributed by atoms with Gasteiger partial charge in [0.1, 0.15) is 11.4 Å². The third-order valence-corrected chi connectivity index (χ3v) is 3.73. The van der Waals surface area contributed by atoms with Gasteiger partial charge in [0, 0.05) is 32.2 Å². The summed E-state index contributed by atoms with van der Waals surface area (Å²) in [5.41, 5.74) is 6.68. The second-order valence-corrected chi connectivity index (χ2v) is 5.48. The van der Waals surface area contributed by atoms with Gasteiger partial charge in [0.2, 0.25) is 0 Å². The van der Waals surface area contributed by atoms with Crippen molar-refractivity contribution in [2.75, 3.05) is 43.4 Å². The minimum absolute atomic E-state index is 0.341. The summed E-state index contributed by atoms with van der Waals surface area (Å²) in [5.74, 6) is 0.310. The number of nitrogen functional groups attached to an aromatic ring is 1. The summed E-state index contributed by atoms with van der Waals surface area (Å²) in [4.78, 5) is 21.0. The molecule has 1 saturated heterocycles. The Hall–Kier alpha value is -1.82. The number of carbonyl (C=O) groups excluding carboxylic acids is 1. The molecule has 0 saturated carbocycles. The first-order valence-corrected chi connectivity index (χ1v) is 7.44. The van der Waals surface area contributed by atoms with Gasteiger partial charge in [0.05, 0.1) is 18.5 Å². The molecule has 0 amide bonds. The van der Waals surface area contributed by atoms with Crippen molar-refractivity contribution in [3.8, 4) is 0 Å². The molecule has 2 rings (SSSR count). The molecule has 1 aliphatic heterocycles. The van der Waals surface area contributed by atoms with Crippen LogP contribution < -0.4 is 10.6 Å². The van der Waals surface area contributed by atoms with E-state index in [0.717, 1.165) is 26.2 Å². The Morgan fingerprint density at radius 3 is 2.62 bits per heavy atom. The summed E-state index contributed by atoms with van der Waals surface area (Å²) in [7, 11) is 0. The number of nitrogens with two attached hydrogens (primary N) is 1. The van der Waals surface area contributed by atoms with Gasteiger partial charge in [0.25, 0.3) is 0 Å². The molecule has 116 valence electrons. The Balaban J connectivity index is 2.18. The Kier molecular flexibility index (Phi) is 5.01. The fourth-order valence-corrected chi connectivity index (χ4v) is 2.53. The third-order valence-electron chi connectivity index (χ3n) is 3.73. The number of hydrogen-bond acceptors (Lipinski definition) is 6. The van der Waals surface area contributed by atoms with E-state index in [1.807, 2.05) is 0 Å². The zero-order valence-corrected chi connectivity index (χ0v) is 13.0. The number of hydrogen-bond donors (Lipinski definition) is 1. The van der Waals surface area contributed by atoms with Crippen molar-refractivity contribution in [2.24, 2.45) is 0 Å². The third kappa shape index (κ3) is 3.64. The predicted molar refractivity (Wildman–Crippen MR) is 83.5 cm³/mol. The Labute approximate surface area is 125 Å². The Morgan fingerprint density at radius 1 is 1.38 bits per heavy atom. The first kappa shape index (κ1) is 15.6. The highest BCUT2D eigenvalue weighted by Crippen LogP contribution is 2.22. The monoisotopic (exact) mass is 292 g/mol. The van der Waals surface area contributed by atoms with Crippen LogP contribution in [0.3, 0.4) is 0 Å². The smallest absolute Gasteiger partial charge is 0.341 e. The number of anilines is 2. The van der Waals surface area contributed by atoms with Crippen LogP contribution in [0.1, 0.15) is 31.1 Å². The molecule has 0 unspecified atom stereocenters. The molecule has 1 aromatic rings. The van der Waals surface area contributed by atoms with Crippen LogP contribution in [0.2, 0.25) is 0 Å². The van der Waals surface area contributed by atoms with Gasteiger partial charge in [0.15, 0.2) is 0 Å². The van der Waals surface area contributed by atoms with E-state index in [1.54, 1.807) is 19.2 Å². The number of ether oxygens (including phenoxy) is 1. The molecule has 1 aromatic heterocycles. The van der Waals surface area contributed by atoms with Crippen molar-refractivity contribution in [3.63, 3.8) is 0 Å². The Bertz CT molecular complexity index is 496. The van der Waals surface area contributed by atoms with Crippen LogP contribution in [0.15, 0.2) is 12.3 Å². The summed E-state index contributed by atoms with van der Waals surface area (Å²) in [6.45, 7) is 10.1. The van der Waals surface area contributed by atoms with E-state index in [0.29, 0.717) is 29.7 Å². The molecule has 2 N–H and O–H groups in total. The SMILES string of the molecule is CCOC(=O)c1cc(N)cnc1N1CCN(C(C)C)CC1. The summed E-state index contributed by atoms with van der Waals surface area (Å²) < 4.78 is 5.10. The van der Waals surface area contributed by atoms with Gasteiger partial charge in [-0.05, 0) is 26.8 Å². The quantitative estimate of drug-likeness (QED) is 0.845. The summed E-state index contributed by atoms with van der Waals surface area (Å²) >= 11 is 0. The van der Waals surface area contributed by atoms with Crippen LogP contribution in [0, 0.1) is 0 Å². The topological polar surface area (TPSA) is 71.7 Å². The molecule has 0 radical (unpaired) electrons. The van der Waals surface area contributed by atoms with Gasteiger partial charge in [-0.1, -0.05) is 0 Å². The molecule has 0 atom stereocenters. The highest BCUT2D eigenvalue weighted by molar-refractivity contribution is 5.95. The highest BCUT2D eigenvalue weighted by atomic mass is 16.5. The van der Waals surface area contributed by atoms with Crippen LogP contribution in [0.5, 0.6) is 0 Å². The maximum absolute atomic E-state index is 12.1. The zero-order chi connectivity index (χ0) is 15.4. The van der Waals surface area contributed by atoms with E-state index in [-0.39, 0.29) is 5.97 Å². The largest absolute Gasteiger partial charge is 0.462 e. The normalized spacial score (nSPS) is 16.3. The molecule has 1 aliphatic rings. The van der Waals surface area contributed by atoms with Crippen LogP contribution in [-0.2, 0) is 4.74 Å². The van der Waals surface area contributed by atoms with Crippen molar-refractivity contribution in [1.29, 1.82) is 0 Å². The molecule has 21 heavy (non-hydrogen) atoms. The standard InChI is InChI=1S/C15H24N4O2/c1-4-21-15(20)13-9-12(16)10-17-14(13)19-7-5-18(6-8-19)11(2)3/h9-11H,4-8,16H2,1-3H3. The van der Waals surface area contributed by atoms with E-state index >= 15 is 0 Å². The number of carbonyl (C=O) groups is 1. The first-order valence-electron chi connectivity index (χ1n) is 7.44. The molecule has 0 spiro atoms. The van der Waals surface area contributed by atoms with Crippen molar-refractivity contribution < 1.29 is 9.53 Å². The molecule has 2 heterocycles. The maximum atomic E-state index is 12.1. The number of piperazine rings is 1. The lowest BCUT2D eigenvalue weighted by atomic mass is 10.2. The number of pyridine rings is 1. The van der Waals surface area contributed by atoms with Gasteiger partial charge < -0.3 is 15.4 Å². The van der Waals surface area contributed by atoms with E-state index in [9.17, 15) is 4.79 Å². The molecule has 6 nitrogen and oxygen atoms in total. The highest BCUT2D eigenvalue weighted by Gasteiger charge is 2.24. The average molecular weight is 292 g/mol. The van der Waals surface area contributed by atoms with Crippen LogP contribution in [0.4, 0.5) is 11.5 Å². The predicted octanol–water partition coefficient (Wildman–Crippen LogP) is 1.37.